The smallest absolute Gasteiger partial charge is 0.286 e. The van der Waals surface area contributed by atoms with Gasteiger partial charge < -0.3 is 14.2 Å². The normalized spacial score (nSPS) is 10.7. The third kappa shape index (κ3) is 4.68. The predicted octanol–water partition coefficient (Wildman–Crippen LogP) is 5.13. The Balaban J connectivity index is 1.90. The van der Waals surface area contributed by atoms with Gasteiger partial charge >= 0.3 is 0 Å². The van der Waals surface area contributed by atoms with Crippen LogP contribution in [0.2, 0.25) is 5.02 Å². The lowest BCUT2D eigenvalue weighted by atomic mass is 10.1. The van der Waals surface area contributed by atoms with Crippen LogP contribution in [0.25, 0.3) is 10.2 Å². The van der Waals surface area contributed by atoms with E-state index in [0.29, 0.717) is 26.6 Å². The van der Waals surface area contributed by atoms with Crippen LogP contribution in [0.3, 0.4) is 0 Å². The third-order valence-corrected chi connectivity index (χ3v) is 6.67. The first-order valence-corrected chi connectivity index (χ1v) is 11.3. The second kappa shape index (κ2) is 10.1. The number of hydrogen-bond donors (Lipinski definition) is 0. The average molecular weight is 515 g/mol. The van der Waals surface area contributed by atoms with Crippen molar-refractivity contribution in [2.45, 2.75) is 6.54 Å². The number of ether oxygens (including phenoxy) is 3. The molecule has 1 amide bonds. The molecule has 180 valence electrons. The molecule has 4 rings (SSSR count). The van der Waals surface area contributed by atoms with Crippen molar-refractivity contribution < 1.29 is 23.9 Å². The topological polar surface area (TPSA) is 117 Å². The highest BCUT2D eigenvalue weighted by molar-refractivity contribution is 7.23. The standard InChI is InChI=1S/C23H19ClN4O6S/c1-32-17-7-6-15(24)21-20(17)26-23(35-21)27(12-13-5-4-8-25-11-13)22(29)14-9-18(33-2)19(34-3)10-16(14)28(30)31/h4-11H,12H2,1-3H3. The summed E-state index contributed by atoms with van der Waals surface area (Å²) in [5.41, 5.74) is 0.557. The van der Waals surface area contributed by atoms with E-state index in [4.69, 9.17) is 25.8 Å². The van der Waals surface area contributed by atoms with Gasteiger partial charge in [0.15, 0.2) is 16.6 Å². The first-order chi connectivity index (χ1) is 16.9. The van der Waals surface area contributed by atoms with Crippen molar-refractivity contribution in [3.05, 3.63) is 75.1 Å². The molecular formula is C23H19ClN4O6S. The predicted molar refractivity (Wildman–Crippen MR) is 132 cm³/mol. The maximum atomic E-state index is 13.9. The van der Waals surface area contributed by atoms with Crippen LogP contribution in [-0.4, -0.2) is 42.1 Å². The summed E-state index contributed by atoms with van der Waals surface area (Å²) in [5.74, 6) is 0.135. The van der Waals surface area contributed by atoms with Crippen molar-refractivity contribution >= 4 is 49.9 Å². The van der Waals surface area contributed by atoms with Crippen LogP contribution in [0, 0.1) is 10.1 Å². The monoisotopic (exact) mass is 514 g/mol. The second-order valence-electron chi connectivity index (χ2n) is 7.16. The first kappa shape index (κ1) is 24.2. The Bertz CT molecular complexity index is 1410. The molecule has 12 heteroatoms. The number of aromatic nitrogens is 2. The summed E-state index contributed by atoms with van der Waals surface area (Å²) in [4.78, 5) is 35.1. The third-order valence-electron chi connectivity index (χ3n) is 5.14. The Morgan fingerprint density at radius 3 is 2.46 bits per heavy atom. The number of amides is 1. The highest BCUT2D eigenvalue weighted by Crippen LogP contribution is 2.41. The number of anilines is 1. The summed E-state index contributed by atoms with van der Waals surface area (Å²) in [6.45, 7) is 0.0535. The van der Waals surface area contributed by atoms with Crippen LogP contribution < -0.4 is 19.1 Å². The van der Waals surface area contributed by atoms with Gasteiger partial charge in [-0.3, -0.25) is 24.8 Å². The van der Waals surface area contributed by atoms with Crippen LogP contribution in [0.4, 0.5) is 10.8 Å². The second-order valence-corrected chi connectivity index (χ2v) is 8.54. The molecule has 0 N–H and O–H groups in total. The van der Waals surface area contributed by atoms with Crippen LogP contribution in [0.15, 0.2) is 48.8 Å². The lowest BCUT2D eigenvalue weighted by molar-refractivity contribution is -0.385. The summed E-state index contributed by atoms with van der Waals surface area (Å²) in [7, 11) is 4.25. The molecule has 0 aliphatic heterocycles. The Morgan fingerprint density at radius 1 is 1.11 bits per heavy atom. The van der Waals surface area contributed by atoms with Gasteiger partial charge in [-0.25, -0.2) is 4.98 Å². The zero-order valence-electron chi connectivity index (χ0n) is 18.9. The minimum atomic E-state index is -0.657. The molecule has 35 heavy (non-hydrogen) atoms. The molecule has 0 spiro atoms. The summed E-state index contributed by atoms with van der Waals surface area (Å²) >= 11 is 7.55. The highest BCUT2D eigenvalue weighted by Gasteiger charge is 2.31. The van der Waals surface area contributed by atoms with Gasteiger partial charge in [-0.1, -0.05) is 29.0 Å². The number of nitro benzene ring substituents is 1. The van der Waals surface area contributed by atoms with E-state index in [1.807, 2.05) is 0 Å². The minimum absolute atomic E-state index is 0.0535. The van der Waals surface area contributed by atoms with Crippen molar-refractivity contribution in [3.8, 4) is 17.2 Å². The molecule has 0 aliphatic rings. The Morgan fingerprint density at radius 2 is 1.83 bits per heavy atom. The van der Waals surface area contributed by atoms with Gasteiger partial charge in [-0.15, -0.1) is 0 Å². The number of fused-ring (bicyclic) bond motifs is 1. The molecule has 0 aliphatic carbocycles. The number of benzene rings is 2. The Labute approximate surface area is 208 Å². The molecule has 2 heterocycles. The van der Waals surface area contributed by atoms with E-state index < -0.39 is 16.5 Å². The number of halogens is 1. The van der Waals surface area contributed by atoms with E-state index in [9.17, 15) is 14.9 Å². The molecule has 0 saturated carbocycles. The lowest BCUT2D eigenvalue weighted by Crippen LogP contribution is -2.31. The number of methoxy groups -OCH3 is 3. The Kier molecular flexibility index (Phi) is 6.99. The summed E-state index contributed by atoms with van der Waals surface area (Å²) in [5, 5.41) is 12.6. The van der Waals surface area contributed by atoms with E-state index in [-0.39, 0.29) is 28.7 Å². The zero-order valence-corrected chi connectivity index (χ0v) is 20.4. The largest absolute Gasteiger partial charge is 0.494 e. The van der Waals surface area contributed by atoms with E-state index in [1.54, 1.807) is 36.7 Å². The van der Waals surface area contributed by atoms with Gasteiger partial charge in [-0.2, -0.15) is 0 Å². The first-order valence-electron chi connectivity index (χ1n) is 10.1. The Hall–Kier alpha value is -3.96. The van der Waals surface area contributed by atoms with Crippen LogP contribution >= 0.6 is 22.9 Å². The van der Waals surface area contributed by atoms with E-state index >= 15 is 0 Å². The molecule has 0 unspecified atom stereocenters. The van der Waals surface area contributed by atoms with Crippen molar-refractivity contribution in [3.63, 3.8) is 0 Å². The van der Waals surface area contributed by atoms with E-state index in [2.05, 4.69) is 9.97 Å². The molecule has 0 saturated heterocycles. The molecule has 2 aromatic carbocycles. The molecule has 0 atom stereocenters. The van der Waals surface area contributed by atoms with E-state index in [1.165, 1.54) is 43.6 Å². The number of pyridine rings is 1. The van der Waals surface area contributed by atoms with Crippen molar-refractivity contribution in [1.82, 2.24) is 9.97 Å². The summed E-state index contributed by atoms with van der Waals surface area (Å²) < 4.78 is 16.5. The summed E-state index contributed by atoms with van der Waals surface area (Å²) in [6, 6.07) is 9.33. The van der Waals surface area contributed by atoms with Gasteiger partial charge in [-0.05, 0) is 23.8 Å². The zero-order chi connectivity index (χ0) is 25.1. The number of hydrogen-bond acceptors (Lipinski definition) is 9. The van der Waals surface area contributed by atoms with Gasteiger partial charge in [0.05, 0.1) is 48.6 Å². The fourth-order valence-corrected chi connectivity index (χ4v) is 4.71. The molecule has 0 radical (unpaired) electrons. The minimum Gasteiger partial charge on any atom is -0.494 e. The molecule has 0 fully saturated rings. The van der Waals surface area contributed by atoms with E-state index in [0.717, 1.165) is 6.07 Å². The number of thiazole rings is 1. The molecule has 0 bridgehead atoms. The molecule has 2 aromatic heterocycles. The van der Waals surface area contributed by atoms with Gasteiger partial charge in [0, 0.05) is 18.5 Å². The average Bonchev–Trinajstić information content (AvgIpc) is 3.33. The van der Waals surface area contributed by atoms with Gasteiger partial charge in [0.25, 0.3) is 11.6 Å². The highest BCUT2D eigenvalue weighted by atomic mass is 35.5. The number of carbonyl (C=O) groups excluding carboxylic acids is 1. The molecular weight excluding hydrogens is 496 g/mol. The number of rotatable bonds is 8. The lowest BCUT2D eigenvalue weighted by Gasteiger charge is -2.20. The molecule has 4 aromatic rings. The number of carbonyl (C=O) groups is 1. The summed E-state index contributed by atoms with van der Waals surface area (Å²) in [6.07, 6.45) is 3.21. The number of nitrogens with zero attached hydrogens (tertiary/aromatic N) is 4. The van der Waals surface area contributed by atoms with Crippen LogP contribution in [0.1, 0.15) is 15.9 Å². The van der Waals surface area contributed by atoms with Crippen LogP contribution in [0.5, 0.6) is 17.2 Å². The SMILES string of the molecule is COc1cc(C(=O)N(Cc2cccnc2)c2nc3c(OC)ccc(Cl)c3s2)c([N+](=O)[O-])cc1OC. The van der Waals surface area contributed by atoms with Gasteiger partial charge in [0.1, 0.15) is 16.8 Å². The van der Waals surface area contributed by atoms with Crippen LogP contribution in [-0.2, 0) is 6.54 Å². The fourth-order valence-electron chi connectivity index (χ4n) is 3.46. The van der Waals surface area contributed by atoms with Crippen molar-refractivity contribution in [2.24, 2.45) is 0 Å². The maximum Gasteiger partial charge on any atom is 0.286 e. The van der Waals surface area contributed by atoms with Crippen molar-refractivity contribution in [2.75, 3.05) is 26.2 Å². The van der Waals surface area contributed by atoms with Crippen molar-refractivity contribution in [1.29, 1.82) is 0 Å². The van der Waals surface area contributed by atoms with Gasteiger partial charge in [0.2, 0.25) is 0 Å². The number of nitro groups is 1. The maximum absolute atomic E-state index is 13.9. The quantitative estimate of drug-likeness (QED) is 0.235. The molecule has 10 nitrogen and oxygen atoms in total. The fraction of sp³-hybridized carbons (Fsp3) is 0.174.